The molecule has 4 unspecified atom stereocenters. The first-order valence-corrected chi connectivity index (χ1v) is 7.12. The Hall–Kier alpha value is -0.700. The van der Waals surface area contributed by atoms with Gasteiger partial charge in [0.1, 0.15) is 5.78 Å². The van der Waals surface area contributed by atoms with Crippen LogP contribution in [0.3, 0.4) is 0 Å². The van der Waals surface area contributed by atoms with Gasteiger partial charge in [0.15, 0.2) is 5.78 Å². The van der Waals surface area contributed by atoms with Gasteiger partial charge in [0.05, 0.1) is 12.0 Å². The van der Waals surface area contributed by atoms with Gasteiger partial charge in [-0.3, -0.25) is 9.59 Å². The van der Waals surface area contributed by atoms with Crippen LogP contribution in [0.15, 0.2) is 0 Å². The van der Waals surface area contributed by atoms with E-state index in [1.54, 1.807) is 0 Å². The maximum atomic E-state index is 12.6. The number of aliphatic hydroxyl groups excluding tert-OH is 1. The molecule has 0 aromatic rings. The zero-order valence-corrected chi connectivity index (χ0v) is 11.6. The van der Waals surface area contributed by atoms with Crippen LogP contribution >= 0.6 is 0 Å². The van der Waals surface area contributed by atoms with Crippen LogP contribution in [-0.2, 0) is 9.59 Å². The summed E-state index contributed by atoms with van der Waals surface area (Å²) in [6.45, 7) is 6.17. The van der Waals surface area contributed by atoms with Gasteiger partial charge in [0.2, 0.25) is 0 Å². The number of carbonyl (C=O) groups is 2. The molecule has 0 aromatic carbocycles. The Bertz CT molecular complexity index is 361. The van der Waals surface area contributed by atoms with E-state index in [2.05, 4.69) is 20.8 Å². The smallest absolute Gasteiger partial charge is 0.152 e. The summed E-state index contributed by atoms with van der Waals surface area (Å²) in [5.74, 6) is 0.638. The van der Waals surface area contributed by atoms with Gasteiger partial charge in [0, 0.05) is 12.3 Å². The lowest BCUT2D eigenvalue weighted by atomic mass is 9.58. The Labute approximate surface area is 109 Å². The summed E-state index contributed by atoms with van der Waals surface area (Å²) in [5, 5.41) is 9.29. The molecule has 2 aliphatic rings. The number of rotatable bonds is 2. The molecule has 1 spiro atoms. The summed E-state index contributed by atoms with van der Waals surface area (Å²) in [6, 6.07) is 0. The monoisotopic (exact) mass is 252 g/mol. The van der Waals surface area contributed by atoms with E-state index in [-0.39, 0.29) is 30.5 Å². The predicted molar refractivity (Wildman–Crippen MR) is 69.0 cm³/mol. The van der Waals surface area contributed by atoms with Crippen molar-refractivity contribution >= 4 is 11.6 Å². The Morgan fingerprint density at radius 2 is 2.00 bits per heavy atom. The molecule has 2 saturated carbocycles. The van der Waals surface area contributed by atoms with Crippen LogP contribution < -0.4 is 0 Å². The fraction of sp³-hybridized carbons (Fsp3) is 0.867. The molecule has 0 saturated heterocycles. The van der Waals surface area contributed by atoms with E-state index in [1.807, 2.05) is 0 Å². The molecular weight excluding hydrogens is 228 g/mol. The fourth-order valence-corrected chi connectivity index (χ4v) is 4.17. The minimum Gasteiger partial charge on any atom is -0.396 e. The highest BCUT2D eigenvalue weighted by atomic mass is 16.3. The number of aliphatic hydroxyl groups is 1. The first-order chi connectivity index (χ1) is 8.43. The average molecular weight is 252 g/mol. The highest BCUT2D eigenvalue weighted by Gasteiger charge is 2.60. The van der Waals surface area contributed by atoms with Crippen LogP contribution in [0.1, 0.15) is 46.5 Å². The van der Waals surface area contributed by atoms with Crippen molar-refractivity contribution in [3.05, 3.63) is 0 Å². The molecule has 2 fully saturated rings. The van der Waals surface area contributed by atoms with Crippen LogP contribution in [0.25, 0.3) is 0 Å². The lowest BCUT2D eigenvalue weighted by Gasteiger charge is -2.43. The van der Waals surface area contributed by atoms with Crippen molar-refractivity contribution in [2.45, 2.75) is 46.5 Å². The van der Waals surface area contributed by atoms with E-state index in [0.29, 0.717) is 18.3 Å². The van der Waals surface area contributed by atoms with Crippen LogP contribution in [-0.4, -0.2) is 23.3 Å². The number of carbonyl (C=O) groups excluding carboxylic acids is 2. The Morgan fingerprint density at radius 1 is 1.33 bits per heavy atom. The van der Waals surface area contributed by atoms with E-state index in [9.17, 15) is 14.7 Å². The molecule has 0 aliphatic heterocycles. The number of hydrogen-bond donors (Lipinski definition) is 1. The van der Waals surface area contributed by atoms with Crippen LogP contribution in [0, 0.1) is 29.1 Å². The van der Waals surface area contributed by atoms with Crippen LogP contribution in [0.5, 0.6) is 0 Å². The van der Waals surface area contributed by atoms with Gasteiger partial charge < -0.3 is 5.11 Å². The Kier molecular flexibility index (Phi) is 3.63. The molecule has 1 N–H and O–H groups in total. The van der Waals surface area contributed by atoms with Crippen molar-refractivity contribution < 1.29 is 14.7 Å². The van der Waals surface area contributed by atoms with E-state index >= 15 is 0 Å². The topological polar surface area (TPSA) is 54.4 Å². The summed E-state index contributed by atoms with van der Waals surface area (Å²) in [5.41, 5.74) is -0.765. The van der Waals surface area contributed by atoms with Crippen LogP contribution in [0.4, 0.5) is 0 Å². The molecule has 4 atom stereocenters. The van der Waals surface area contributed by atoms with E-state index in [4.69, 9.17) is 0 Å². The lowest BCUT2D eigenvalue weighted by Crippen LogP contribution is -2.47. The zero-order chi connectivity index (χ0) is 13.5. The molecule has 0 heterocycles. The van der Waals surface area contributed by atoms with Crippen molar-refractivity contribution in [1.29, 1.82) is 0 Å². The molecule has 18 heavy (non-hydrogen) atoms. The minimum absolute atomic E-state index is 0.0280. The van der Waals surface area contributed by atoms with Gasteiger partial charge in [-0.05, 0) is 30.6 Å². The maximum absolute atomic E-state index is 12.6. The lowest BCUT2D eigenvalue weighted by molar-refractivity contribution is -0.145. The van der Waals surface area contributed by atoms with Gasteiger partial charge in [-0.1, -0.05) is 27.2 Å². The molecule has 2 aliphatic carbocycles. The molecule has 0 bridgehead atoms. The molecule has 0 aromatic heterocycles. The van der Waals surface area contributed by atoms with Crippen molar-refractivity contribution in [2.75, 3.05) is 6.61 Å². The largest absolute Gasteiger partial charge is 0.396 e. The Morgan fingerprint density at radius 3 is 2.50 bits per heavy atom. The van der Waals surface area contributed by atoms with Gasteiger partial charge >= 0.3 is 0 Å². The van der Waals surface area contributed by atoms with Gasteiger partial charge in [-0.2, -0.15) is 0 Å². The van der Waals surface area contributed by atoms with E-state index in [0.717, 1.165) is 12.8 Å². The summed E-state index contributed by atoms with van der Waals surface area (Å²) in [7, 11) is 0. The Balaban J connectivity index is 2.40. The third-order valence-corrected chi connectivity index (χ3v) is 5.04. The first-order valence-electron chi connectivity index (χ1n) is 7.12. The SMILES string of the molecule is CC1CCC(C(C)C)C2(C1)C(=O)CC(CO)C2=O. The van der Waals surface area contributed by atoms with Gasteiger partial charge in [-0.25, -0.2) is 0 Å². The second-order valence-corrected chi connectivity index (χ2v) is 6.58. The molecule has 3 heteroatoms. The predicted octanol–water partition coefficient (Wildman–Crippen LogP) is 2.22. The summed E-state index contributed by atoms with van der Waals surface area (Å²) in [4.78, 5) is 25.1. The molecule has 0 amide bonds. The standard InChI is InChI=1S/C15H24O3/c1-9(2)12-5-4-10(3)7-15(12)13(17)6-11(8-16)14(15)18/h9-12,16H,4-8H2,1-3H3. The maximum Gasteiger partial charge on any atom is 0.152 e. The van der Waals surface area contributed by atoms with E-state index in [1.165, 1.54) is 0 Å². The summed E-state index contributed by atoms with van der Waals surface area (Å²) >= 11 is 0. The van der Waals surface area contributed by atoms with Crippen molar-refractivity contribution in [1.82, 2.24) is 0 Å². The average Bonchev–Trinajstić information content (AvgIpc) is 2.54. The highest BCUT2D eigenvalue weighted by Crippen LogP contribution is 2.53. The molecular formula is C15H24O3. The zero-order valence-electron chi connectivity index (χ0n) is 11.6. The first kappa shape index (κ1) is 13.7. The van der Waals surface area contributed by atoms with E-state index < -0.39 is 11.3 Å². The third-order valence-electron chi connectivity index (χ3n) is 5.04. The van der Waals surface area contributed by atoms with Crippen LogP contribution in [0.2, 0.25) is 0 Å². The number of hydrogen-bond acceptors (Lipinski definition) is 3. The van der Waals surface area contributed by atoms with Gasteiger partial charge in [0.25, 0.3) is 0 Å². The number of Topliss-reactive ketones (excluding diaryl/α,β-unsaturated/α-hetero) is 2. The highest BCUT2D eigenvalue weighted by molar-refractivity contribution is 6.14. The third kappa shape index (κ3) is 1.83. The van der Waals surface area contributed by atoms with Gasteiger partial charge in [-0.15, -0.1) is 0 Å². The summed E-state index contributed by atoms with van der Waals surface area (Å²) in [6.07, 6.45) is 3.03. The quantitative estimate of drug-likeness (QED) is 0.767. The minimum atomic E-state index is -0.765. The normalized spacial score (nSPS) is 41.1. The molecule has 0 radical (unpaired) electrons. The second kappa shape index (κ2) is 4.76. The molecule has 3 nitrogen and oxygen atoms in total. The van der Waals surface area contributed by atoms with Crippen molar-refractivity contribution in [2.24, 2.45) is 29.1 Å². The molecule has 102 valence electrons. The second-order valence-electron chi connectivity index (χ2n) is 6.58. The molecule has 2 rings (SSSR count). The fourth-order valence-electron chi connectivity index (χ4n) is 4.17. The van der Waals surface area contributed by atoms with Crippen molar-refractivity contribution in [3.8, 4) is 0 Å². The number of ketones is 2. The van der Waals surface area contributed by atoms with Crippen molar-refractivity contribution in [3.63, 3.8) is 0 Å². The summed E-state index contributed by atoms with van der Waals surface area (Å²) < 4.78 is 0.